The highest BCUT2D eigenvalue weighted by Crippen LogP contribution is 2.41. The van der Waals surface area contributed by atoms with Crippen LogP contribution in [-0.2, 0) is 49.4 Å². The van der Waals surface area contributed by atoms with Crippen LogP contribution in [0.15, 0.2) is 72.8 Å². The molecule has 87 heavy (non-hydrogen) atoms. The molecule has 4 aromatic heterocycles. The van der Waals surface area contributed by atoms with Gasteiger partial charge in [-0.3, -0.25) is 38.4 Å². The minimum atomic E-state index is -0.943. The topological polar surface area (TPSA) is 281 Å². The van der Waals surface area contributed by atoms with E-state index in [1.807, 2.05) is 68.1 Å². The van der Waals surface area contributed by atoms with Crippen molar-refractivity contribution in [3.05, 3.63) is 101 Å². The van der Waals surface area contributed by atoms with Crippen LogP contribution in [0.5, 0.6) is 0 Å². The second-order valence-corrected chi connectivity index (χ2v) is 23.8. The van der Waals surface area contributed by atoms with Gasteiger partial charge in [-0.25, -0.2) is 19.3 Å². The van der Waals surface area contributed by atoms with Crippen LogP contribution in [0, 0.1) is 18.2 Å². The number of rotatable bonds is 32. The summed E-state index contributed by atoms with van der Waals surface area (Å²) in [6.45, 7) is 14.0. The third-order valence-electron chi connectivity index (χ3n) is 15.3. The zero-order valence-electron chi connectivity index (χ0n) is 49.9. The van der Waals surface area contributed by atoms with Crippen LogP contribution in [0.4, 0.5) is 15.9 Å². The molecule has 3 aliphatic rings. The van der Waals surface area contributed by atoms with E-state index in [-0.39, 0.29) is 87.1 Å². The van der Waals surface area contributed by atoms with Crippen molar-refractivity contribution in [2.45, 2.75) is 90.4 Å². The van der Waals surface area contributed by atoms with Gasteiger partial charge in [0.1, 0.15) is 17.9 Å². The first-order valence-electron chi connectivity index (χ1n) is 29.8. The molecular formula is C61H80FN13O11S. The maximum Gasteiger partial charge on any atom is 0.254 e. The number of aryl methyl sites for hydroxylation is 1. The van der Waals surface area contributed by atoms with E-state index in [0.717, 1.165) is 51.5 Å². The van der Waals surface area contributed by atoms with Crippen molar-refractivity contribution in [3.63, 3.8) is 0 Å². The fourth-order valence-corrected chi connectivity index (χ4v) is 11.1. The van der Waals surface area contributed by atoms with Crippen LogP contribution in [-0.4, -0.2) is 209 Å². The lowest BCUT2D eigenvalue weighted by atomic mass is 9.85. The van der Waals surface area contributed by atoms with Crippen molar-refractivity contribution < 1.29 is 57.2 Å². The third kappa shape index (κ3) is 18.2. The highest BCUT2D eigenvalue weighted by Gasteiger charge is 2.44. The van der Waals surface area contributed by atoms with Gasteiger partial charge in [0.25, 0.3) is 5.91 Å². The number of thiazole rings is 1. The molecule has 6 N–H and O–H groups in total. The van der Waals surface area contributed by atoms with Crippen LogP contribution < -0.4 is 21.3 Å². The molecule has 6 aromatic rings. The number of halogens is 1. The van der Waals surface area contributed by atoms with Crippen molar-refractivity contribution in [3.8, 4) is 21.7 Å². The number of nitrogens with zero attached hydrogens (tertiary/aromatic N) is 8. The van der Waals surface area contributed by atoms with Crippen LogP contribution in [0.1, 0.15) is 86.1 Å². The van der Waals surface area contributed by atoms with Gasteiger partial charge >= 0.3 is 0 Å². The molecule has 2 aliphatic heterocycles. The van der Waals surface area contributed by atoms with Gasteiger partial charge < -0.3 is 59.9 Å². The van der Waals surface area contributed by atoms with Gasteiger partial charge in [-0.05, 0) is 54.5 Å². The summed E-state index contributed by atoms with van der Waals surface area (Å²) >= 11 is 1.57. The fraction of sp³-hybridized carbons (Fsp3) is 0.525. The molecule has 26 heteroatoms. The minimum Gasteiger partial charge on any atom is -0.391 e. The molecule has 1 saturated carbocycles. The predicted molar refractivity (Wildman–Crippen MR) is 323 cm³/mol. The van der Waals surface area contributed by atoms with Gasteiger partial charge in [0, 0.05) is 101 Å². The molecule has 0 bridgehead atoms. The Labute approximate surface area is 509 Å². The smallest absolute Gasteiger partial charge is 0.254 e. The number of benzene rings is 2. The molecule has 24 nitrogen and oxygen atoms in total. The number of aliphatic hydroxyl groups excluding tert-OH is 1. The van der Waals surface area contributed by atoms with E-state index < -0.39 is 35.3 Å². The van der Waals surface area contributed by atoms with E-state index in [4.69, 9.17) is 28.7 Å². The lowest BCUT2D eigenvalue weighted by Crippen LogP contribution is -2.57. The molecule has 5 amide bonds. The monoisotopic (exact) mass is 1220 g/mol. The molecule has 2 saturated heterocycles. The standard InChI is InChI=1S/C61H80FN13O11S/c1-40-54(87-39-66-40)43-7-5-41(6-8-43)33-65-58(79)50-32-46(76)37-75(50)60(81)55(61(2,3)4)71-53(78)14-22-83-24-26-85-28-30-86-29-27-84-25-23-82-21-13-52(77)63-15-16-72-17-19-73(20-18-72)59(80)44-11-12-48(47(62)31-44)69-56-57-64-36-51(45-34-67-68-35-45)74(57)38-49(70-56)42-9-10-42/h5-8,11-12,31,34-36,38-39,42,46,50,55,76H,9-10,13-30,32-33,37H2,1-4H3,(H,63,77)(H,65,79)(H,67,68)(H,69,70)(H,71,78)/t46-,50+,55-/m1/s1. The number of aromatic amines is 1. The molecule has 1 aliphatic carbocycles. The molecule has 0 spiro atoms. The Kier molecular flexibility index (Phi) is 22.9. The molecule has 6 heterocycles. The highest BCUT2D eigenvalue weighted by molar-refractivity contribution is 7.13. The normalized spacial score (nSPS) is 16.8. The van der Waals surface area contributed by atoms with Crippen molar-refractivity contribution in [1.29, 1.82) is 0 Å². The Hall–Kier alpha value is -7.30. The van der Waals surface area contributed by atoms with Gasteiger partial charge in [-0.2, -0.15) is 5.10 Å². The molecular weight excluding hydrogens is 1140 g/mol. The first-order chi connectivity index (χ1) is 42.1. The number of ether oxygens (including phenoxy) is 5. The predicted octanol–water partition coefficient (Wildman–Crippen LogP) is 4.86. The number of amides is 5. The molecule has 3 atom stereocenters. The van der Waals surface area contributed by atoms with Gasteiger partial charge in [-0.15, -0.1) is 11.3 Å². The first kappa shape index (κ1) is 64.2. The maximum absolute atomic E-state index is 15.6. The van der Waals surface area contributed by atoms with E-state index >= 15 is 4.39 Å². The van der Waals surface area contributed by atoms with Crippen molar-refractivity contribution in [1.82, 2.24) is 60.2 Å². The highest BCUT2D eigenvalue weighted by atomic mass is 32.1. The summed E-state index contributed by atoms with van der Waals surface area (Å²) in [6, 6.07) is 10.5. The summed E-state index contributed by atoms with van der Waals surface area (Å²) in [7, 11) is 0. The lowest BCUT2D eigenvalue weighted by molar-refractivity contribution is -0.144. The van der Waals surface area contributed by atoms with E-state index in [1.165, 1.54) is 11.0 Å². The average Bonchev–Trinajstić information content (AvgIpc) is 2.83. The number of nitrogens with one attached hydrogen (secondary N) is 5. The number of likely N-dealkylation sites (tertiary alicyclic amines) is 1. The van der Waals surface area contributed by atoms with E-state index in [1.54, 1.807) is 47.0 Å². The fourth-order valence-electron chi connectivity index (χ4n) is 10.3. The number of fused-ring (bicyclic) bond motifs is 1. The largest absolute Gasteiger partial charge is 0.391 e. The van der Waals surface area contributed by atoms with Crippen molar-refractivity contribution in [2.24, 2.45) is 5.41 Å². The number of aliphatic hydroxyl groups is 1. The SMILES string of the molecule is Cc1ncsc1-c1ccc(CNC(=O)[C@@H]2C[C@@H](O)CN2C(=O)[C@@H](NC(=O)CCOCCOCCOCCOCCOCCC(=O)NCCN2CCN(C(=O)c3ccc(Nc4nc(C5CC5)cn5c(-c6cn[nH]c6)cnc45)c(F)c3)CC2)C(C)(C)C)cc1. The van der Waals surface area contributed by atoms with Gasteiger partial charge in [0.05, 0.1) is 118 Å². The summed E-state index contributed by atoms with van der Waals surface area (Å²) < 4.78 is 45.4. The maximum atomic E-state index is 15.6. The number of hydrogen-bond acceptors (Lipinski definition) is 18. The quantitative estimate of drug-likeness (QED) is 0.0308. The number of carbonyl (C=O) groups excluding carboxylic acids is 5. The number of piperazine rings is 1. The Balaban J connectivity index is 0.551. The zero-order valence-corrected chi connectivity index (χ0v) is 50.7. The van der Waals surface area contributed by atoms with Crippen LogP contribution in [0.3, 0.4) is 0 Å². The first-order valence-corrected chi connectivity index (χ1v) is 30.6. The zero-order chi connectivity index (χ0) is 61.3. The van der Waals surface area contributed by atoms with Gasteiger partial charge in [-0.1, -0.05) is 45.0 Å². The number of hydrogen-bond donors (Lipinski definition) is 6. The molecule has 2 aromatic carbocycles. The van der Waals surface area contributed by atoms with E-state index in [9.17, 15) is 29.1 Å². The Morgan fingerprint density at radius 1 is 0.816 bits per heavy atom. The number of β-amino-alcohol motifs (C(OH)–C–C–N with tert-alkyl or cyclic N) is 1. The van der Waals surface area contributed by atoms with E-state index in [0.29, 0.717) is 103 Å². The molecule has 0 unspecified atom stereocenters. The van der Waals surface area contributed by atoms with Crippen LogP contribution in [0.2, 0.25) is 0 Å². The van der Waals surface area contributed by atoms with Gasteiger partial charge in [0.2, 0.25) is 23.6 Å². The van der Waals surface area contributed by atoms with Crippen molar-refractivity contribution in [2.75, 3.05) is 117 Å². The Morgan fingerprint density at radius 3 is 2.09 bits per heavy atom. The summed E-state index contributed by atoms with van der Waals surface area (Å²) in [5, 5.41) is 29.3. The third-order valence-corrected chi connectivity index (χ3v) is 16.3. The Bertz CT molecular complexity index is 3240. The molecule has 0 radical (unpaired) electrons. The molecule has 9 rings (SSSR count). The molecule has 468 valence electrons. The number of anilines is 2. The number of imidazole rings is 1. The van der Waals surface area contributed by atoms with Crippen molar-refractivity contribution >= 4 is 58.0 Å². The molecule has 3 fully saturated rings. The summed E-state index contributed by atoms with van der Waals surface area (Å²) in [6.07, 6.45) is 8.76. The lowest BCUT2D eigenvalue weighted by Gasteiger charge is -2.35. The van der Waals surface area contributed by atoms with Gasteiger partial charge in [0.15, 0.2) is 11.5 Å². The summed E-state index contributed by atoms with van der Waals surface area (Å²) in [5.41, 5.74) is 7.62. The van der Waals surface area contributed by atoms with Crippen LogP contribution >= 0.6 is 11.3 Å². The minimum absolute atomic E-state index is 0.0116. The number of aromatic nitrogens is 6. The van der Waals surface area contributed by atoms with Crippen LogP contribution in [0.25, 0.3) is 27.3 Å². The average molecular weight is 1220 g/mol. The second kappa shape index (κ2) is 31.1. The van der Waals surface area contributed by atoms with E-state index in [2.05, 4.69) is 46.3 Å². The Morgan fingerprint density at radius 2 is 1.48 bits per heavy atom. The second-order valence-electron chi connectivity index (χ2n) is 22.9. The summed E-state index contributed by atoms with van der Waals surface area (Å²) in [4.78, 5) is 86.4. The summed E-state index contributed by atoms with van der Waals surface area (Å²) in [5.74, 6) is -1.34. The number of carbonyl (C=O) groups is 5. The number of H-pyrrole nitrogens is 1.